The molecule has 0 radical (unpaired) electrons. The Bertz CT molecular complexity index is 668. The maximum Gasteiger partial charge on any atom is 0.289 e. The maximum absolute atomic E-state index is 12.4. The third kappa shape index (κ3) is 2.04. The molecule has 2 heterocycles. The number of rotatable bonds is 1. The number of benzene rings is 1. The summed E-state index contributed by atoms with van der Waals surface area (Å²) in [4.78, 5) is 14.1. The predicted molar refractivity (Wildman–Crippen MR) is 74.1 cm³/mol. The van der Waals surface area contributed by atoms with Gasteiger partial charge < -0.3 is 19.2 Å². The molecule has 1 fully saturated rings. The van der Waals surface area contributed by atoms with Crippen molar-refractivity contribution in [2.75, 3.05) is 26.3 Å². The first-order valence-electron chi connectivity index (χ1n) is 6.67. The molecule has 0 spiro atoms. The second-order valence-corrected chi connectivity index (χ2v) is 5.08. The van der Waals surface area contributed by atoms with Gasteiger partial charge in [-0.25, -0.2) is 0 Å². The Morgan fingerprint density at radius 1 is 1.20 bits per heavy atom. The molecular weight excluding hydrogens is 258 g/mol. The standard InChI is InChI=1S/C15H17NO4/c1-9-10(2)14-11(7-12(9)17)8-13(20-14)15(18)16-3-5-19-6-4-16/h7-8,17H,3-6H2,1-2H3. The van der Waals surface area contributed by atoms with Gasteiger partial charge in [0.25, 0.3) is 5.91 Å². The summed E-state index contributed by atoms with van der Waals surface area (Å²) in [6, 6.07) is 3.33. The van der Waals surface area contributed by atoms with E-state index < -0.39 is 0 Å². The topological polar surface area (TPSA) is 62.9 Å². The van der Waals surface area contributed by atoms with E-state index >= 15 is 0 Å². The Morgan fingerprint density at radius 3 is 2.60 bits per heavy atom. The molecule has 5 heteroatoms. The molecule has 0 bridgehead atoms. The Morgan fingerprint density at radius 2 is 1.90 bits per heavy atom. The van der Waals surface area contributed by atoms with Crippen molar-refractivity contribution < 1.29 is 19.1 Å². The fourth-order valence-corrected chi connectivity index (χ4v) is 2.45. The van der Waals surface area contributed by atoms with Gasteiger partial charge in [0.15, 0.2) is 5.76 Å². The molecular formula is C15H17NO4. The summed E-state index contributed by atoms with van der Waals surface area (Å²) in [7, 11) is 0. The number of hydrogen-bond acceptors (Lipinski definition) is 4. The summed E-state index contributed by atoms with van der Waals surface area (Å²) < 4.78 is 10.9. The molecule has 2 aromatic rings. The first kappa shape index (κ1) is 13.0. The van der Waals surface area contributed by atoms with Crippen molar-refractivity contribution >= 4 is 16.9 Å². The lowest BCUT2D eigenvalue weighted by Gasteiger charge is -2.25. The van der Waals surface area contributed by atoms with Crippen molar-refractivity contribution in [2.45, 2.75) is 13.8 Å². The molecule has 1 N–H and O–H groups in total. The molecule has 1 aromatic heterocycles. The van der Waals surface area contributed by atoms with Crippen LogP contribution in [0.1, 0.15) is 21.7 Å². The number of aromatic hydroxyl groups is 1. The van der Waals surface area contributed by atoms with Gasteiger partial charge in [0.1, 0.15) is 11.3 Å². The number of nitrogens with zero attached hydrogens (tertiary/aromatic N) is 1. The van der Waals surface area contributed by atoms with Crippen molar-refractivity contribution in [1.29, 1.82) is 0 Å². The lowest BCUT2D eigenvalue weighted by molar-refractivity contribution is 0.0284. The molecule has 1 aliphatic rings. The van der Waals surface area contributed by atoms with Gasteiger partial charge in [0.05, 0.1) is 13.2 Å². The van der Waals surface area contributed by atoms with Gasteiger partial charge in [-0.1, -0.05) is 0 Å². The Kier molecular flexibility index (Phi) is 3.14. The van der Waals surface area contributed by atoms with Crippen LogP contribution in [0.4, 0.5) is 0 Å². The van der Waals surface area contributed by atoms with Crippen LogP contribution in [0.25, 0.3) is 11.0 Å². The molecule has 0 aliphatic carbocycles. The zero-order valence-corrected chi connectivity index (χ0v) is 11.6. The van der Waals surface area contributed by atoms with Crippen LogP contribution in [-0.2, 0) is 4.74 Å². The first-order valence-corrected chi connectivity index (χ1v) is 6.67. The van der Waals surface area contributed by atoms with Gasteiger partial charge in [-0.2, -0.15) is 0 Å². The van der Waals surface area contributed by atoms with Crippen LogP contribution in [0.2, 0.25) is 0 Å². The Balaban J connectivity index is 2.00. The molecule has 0 atom stereocenters. The van der Waals surface area contributed by atoms with Crippen LogP contribution in [-0.4, -0.2) is 42.2 Å². The summed E-state index contributed by atoms with van der Waals surface area (Å²) >= 11 is 0. The minimum atomic E-state index is -0.124. The van der Waals surface area contributed by atoms with Crippen LogP contribution in [0, 0.1) is 13.8 Å². The highest BCUT2D eigenvalue weighted by atomic mass is 16.5. The zero-order chi connectivity index (χ0) is 14.3. The number of carbonyl (C=O) groups excluding carboxylic acids is 1. The summed E-state index contributed by atoms with van der Waals surface area (Å²) in [5.41, 5.74) is 2.30. The number of furan rings is 1. The van der Waals surface area contributed by atoms with Gasteiger partial charge in [-0.15, -0.1) is 0 Å². The van der Waals surface area contributed by atoms with Crippen LogP contribution in [0.15, 0.2) is 16.5 Å². The number of morpholine rings is 1. The molecule has 106 valence electrons. The second kappa shape index (κ2) is 4.83. The minimum absolute atomic E-state index is 0.124. The lowest BCUT2D eigenvalue weighted by Crippen LogP contribution is -2.40. The predicted octanol–water partition coefficient (Wildman–Crippen LogP) is 2.23. The molecule has 1 aliphatic heterocycles. The molecule has 1 amide bonds. The van der Waals surface area contributed by atoms with Crippen molar-refractivity contribution in [3.63, 3.8) is 0 Å². The summed E-state index contributed by atoms with van der Waals surface area (Å²) in [5.74, 6) is 0.414. The number of carbonyl (C=O) groups is 1. The highest BCUT2D eigenvalue weighted by Crippen LogP contribution is 2.31. The van der Waals surface area contributed by atoms with Gasteiger partial charge >= 0.3 is 0 Å². The summed E-state index contributed by atoms with van der Waals surface area (Å²) in [5, 5.41) is 10.6. The fraction of sp³-hybridized carbons (Fsp3) is 0.400. The third-order valence-electron chi connectivity index (χ3n) is 3.85. The van der Waals surface area contributed by atoms with E-state index in [2.05, 4.69) is 0 Å². The van der Waals surface area contributed by atoms with Crippen LogP contribution >= 0.6 is 0 Å². The van der Waals surface area contributed by atoms with E-state index in [0.717, 1.165) is 16.5 Å². The Hall–Kier alpha value is -2.01. The number of ether oxygens (including phenoxy) is 1. The quantitative estimate of drug-likeness (QED) is 0.867. The molecule has 1 aromatic carbocycles. The molecule has 0 unspecified atom stereocenters. The maximum atomic E-state index is 12.4. The van der Waals surface area contributed by atoms with Crippen LogP contribution in [0.3, 0.4) is 0 Å². The lowest BCUT2D eigenvalue weighted by atomic mass is 10.1. The number of phenols is 1. The number of phenolic OH excluding ortho intramolecular Hbond substituents is 1. The zero-order valence-electron chi connectivity index (χ0n) is 11.6. The number of fused-ring (bicyclic) bond motifs is 1. The van der Waals surface area contributed by atoms with E-state index in [9.17, 15) is 9.90 Å². The van der Waals surface area contributed by atoms with Gasteiger partial charge in [0, 0.05) is 18.5 Å². The smallest absolute Gasteiger partial charge is 0.289 e. The van der Waals surface area contributed by atoms with Gasteiger partial charge in [-0.05, 0) is 37.1 Å². The average molecular weight is 275 g/mol. The monoisotopic (exact) mass is 275 g/mol. The van der Waals surface area contributed by atoms with E-state index in [0.29, 0.717) is 37.6 Å². The van der Waals surface area contributed by atoms with E-state index in [1.807, 2.05) is 13.8 Å². The molecule has 3 rings (SSSR count). The number of hydrogen-bond donors (Lipinski definition) is 1. The number of aryl methyl sites for hydroxylation is 1. The van der Waals surface area contributed by atoms with E-state index in [4.69, 9.17) is 9.15 Å². The second-order valence-electron chi connectivity index (χ2n) is 5.08. The van der Waals surface area contributed by atoms with E-state index in [1.54, 1.807) is 17.0 Å². The van der Waals surface area contributed by atoms with Crippen LogP contribution in [0.5, 0.6) is 5.75 Å². The fourth-order valence-electron chi connectivity index (χ4n) is 2.45. The minimum Gasteiger partial charge on any atom is -0.508 e. The van der Waals surface area contributed by atoms with Crippen LogP contribution < -0.4 is 0 Å². The van der Waals surface area contributed by atoms with E-state index in [-0.39, 0.29) is 11.7 Å². The van der Waals surface area contributed by atoms with E-state index in [1.165, 1.54) is 0 Å². The Labute approximate surface area is 116 Å². The van der Waals surface area contributed by atoms with Gasteiger partial charge in [0.2, 0.25) is 0 Å². The third-order valence-corrected chi connectivity index (χ3v) is 3.85. The number of amides is 1. The van der Waals surface area contributed by atoms with Crippen molar-refractivity contribution in [3.05, 3.63) is 29.0 Å². The highest BCUT2D eigenvalue weighted by molar-refractivity contribution is 5.97. The molecule has 20 heavy (non-hydrogen) atoms. The molecule has 1 saturated heterocycles. The highest BCUT2D eigenvalue weighted by Gasteiger charge is 2.22. The first-order chi connectivity index (χ1) is 9.58. The normalized spacial score (nSPS) is 15.8. The van der Waals surface area contributed by atoms with Crippen molar-refractivity contribution in [3.8, 4) is 5.75 Å². The summed E-state index contributed by atoms with van der Waals surface area (Å²) in [6.45, 7) is 5.99. The van der Waals surface area contributed by atoms with Gasteiger partial charge in [-0.3, -0.25) is 4.79 Å². The SMILES string of the molecule is Cc1c(O)cc2cc(C(=O)N3CCOCC3)oc2c1C. The molecule has 5 nitrogen and oxygen atoms in total. The summed E-state index contributed by atoms with van der Waals surface area (Å²) in [6.07, 6.45) is 0. The van der Waals surface area contributed by atoms with Crippen molar-refractivity contribution in [1.82, 2.24) is 4.90 Å². The van der Waals surface area contributed by atoms with Crippen molar-refractivity contribution in [2.24, 2.45) is 0 Å². The average Bonchev–Trinajstić information content (AvgIpc) is 2.89. The molecule has 0 saturated carbocycles. The largest absolute Gasteiger partial charge is 0.508 e.